The predicted octanol–water partition coefficient (Wildman–Crippen LogP) is 3.87. The minimum Gasteiger partial charge on any atom is -0.617 e. The smallest absolute Gasteiger partial charge is 0.294 e. The molecule has 3 aromatic rings. The number of benzene rings is 2. The number of aryl methyl sites for hydroxylation is 1. The standard InChI is InChI=1S/C20H24N2O3/c1-2-3-4-5-6-7-8-15-9-11-17-19(13-15)21(24)18-12-10-16(23)14-20(18)22(17)25/h9-14,23H,2-8H2,1H3. The molecule has 3 rings (SSSR count). The van der Waals surface area contributed by atoms with Gasteiger partial charge in [-0.1, -0.05) is 45.1 Å². The maximum absolute atomic E-state index is 12.6. The molecule has 0 bridgehead atoms. The molecule has 0 saturated heterocycles. The number of aromatic hydroxyl groups is 1. The van der Waals surface area contributed by atoms with Gasteiger partial charge >= 0.3 is 0 Å². The Morgan fingerprint density at radius 2 is 1.36 bits per heavy atom. The van der Waals surface area contributed by atoms with Crippen molar-refractivity contribution in [2.24, 2.45) is 0 Å². The molecule has 0 aliphatic carbocycles. The van der Waals surface area contributed by atoms with E-state index in [-0.39, 0.29) is 16.8 Å². The highest BCUT2D eigenvalue weighted by atomic mass is 16.5. The first kappa shape index (κ1) is 17.3. The summed E-state index contributed by atoms with van der Waals surface area (Å²) in [5.74, 6) is -0.0313. The van der Waals surface area contributed by atoms with E-state index in [9.17, 15) is 15.5 Å². The fourth-order valence-electron chi connectivity index (χ4n) is 3.27. The van der Waals surface area contributed by atoms with E-state index in [1.165, 1.54) is 50.3 Å². The summed E-state index contributed by atoms with van der Waals surface area (Å²) in [6, 6.07) is 9.65. The first-order valence-electron chi connectivity index (χ1n) is 9.02. The molecule has 5 nitrogen and oxygen atoms in total. The Hall–Kier alpha value is -2.56. The molecule has 0 atom stereocenters. The Balaban J connectivity index is 1.86. The molecule has 2 aromatic carbocycles. The van der Waals surface area contributed by atoms with Gasteiger partial charge in [0.2, 0.25) is 0 Å². The fourth-order valence-corrected chi connectivity index (χ4v) is 3.27. The normalized spacial score (nSPS) is 11.4. The van der Waals surface area contributed by atoms with Crippen molar-refractivity contribution in [1.82, 2.24) is 0 Å². The van der Waals surface area contributed by atoms with Gasteiger partial charge in [-0.25, -0.2) is 0 Å². The van der Waals surface area contributed by atoms with Gasteiger partial charge in [0.05, 0.1) is 6.07 Å². The van der Waals surface area contributed by atoms with Crippen LogP contribution < -0.4 is 9.46 Å². The Morgan fingerprint density at radius 3 is 2.08 bits per heavy atom. The number of nitrogens with zero attached hydrogens (tertiary/aromatic N) is 2. The van der Waals surface area contributed by atoms with Crippen molar-refractivity contribution in [1.29, 1.82) is 0 Å². The minimum atomic E-state index is -0.0313. The quantitative estimate of drug-likeness (QED) is 0.307. The summed E-state index contributed by atoms with van der Waals surface area (Å²) in [6.07, 6.45) is 8.25. The third-order valence-electron chi connectivity index (χ3n) is 4.69. The van der Waals surface area contributed by atoms with Crippen molar-refractivity contribution >= 4 is 22.1 Å². The van der Waals surface area contributed by atoms with Crippen LogP contribution in [-0.2, 0) is 6.42 Å². The zero-order valence-corrected chi connectivity index (χ0v) is 14.6. The van der Waals surface area contributed by atoms with Gasteiger partial charge in [-0.2, -0.15) is 9.46 Å². The van der Waals surface area contributed by atoms with Gasteiger partial charge in [-0.3, -0.25) is 0 Å². The highest BCUT2D eigenvalue weighted by Gasteiger charge is 2.21. The maximum atomic E-state index is 12.6. The van der Waals surface area contributed by atoms with E-state index < -0.39 is 0 Å². The third-order valence-corrected chi connectivity index (χ3v) is 4.69. The average Bonchev–Trinajstić information content (AvgIpc) is 2.62. The summed E-state index contributed by atoms with van der Waals surface area (Å²) in [6.45, 7) is 2.21. The van der Waals surface area contributed by atoms with Crippen LogP contribution in [0.3, 0.4) is 0 Å². The van der Waals surface area contributed by atoms with Crippen LogP contribution in [0.2, 0.25) is 0 Å². The number of phenols is 1. The summed E-state index contributed by atoms with van der Waals surface area (Å²) in [7, 11) is 0. The number of unbranched alkanes of at least 4 members (excludes halogenated alkanes) is 5. The lowest BCUT2D eigenvalue weighted by atomic mass is 10.0. The number of rotatable bonds is 7. The lowest BCUT2D eigenvalue weighted by Gasteiger charge is -2.09. The van der Waals surface area contributed by atoms with Gasteiger partial charge in [-0.15, -0.1) is 0 Å². The Bertz CT molecular complexity index is 893. The van der Waals surface area contributed by atoms with Gasteiger partial charge in [0.25, 0.3) is 22.1 Å². The molecule has 25 heavy (non-hydrogen) atoms. The van der Waals surface area contributed by atoms with Crippen molar-refractivity contribution in [2.75, 3.05) is 0 Å². The first-order valence-corrected chi connectivity index (χ1v) is 9.02. The summed E-state index contributed by atoms with van der Waals surface area (Å²) in [5.41, 5.74) is 2.20. The monoisotopic (exact) mass is 340 g/mol. The molecule has 5 heteroatoms. The molecule has 0 spiro atoms. The van der Waals surface area contributed by atoms with Crippen molar-refractivity contribution in [3.05, 3.63) is 52.4 Å². The topological polar surface area (TPSA) is 74.1 Å². The molecule has 1 N–H and O–H groups in total. The number of hydrogen-bond acceptors (Lipinski definition) is 3. The van der Waals surface area contributed by atoms with Crippen molar-refractivity contribution in [3.8, 4) is 5.75 Å². The molecule has 0 saturated carbocycles. The second kappa shape index (κ2) is 7.55. The van der Waals surface area contributed by atoms with Crippen LogP contribution in [0.15, 0.2) is 36.4 Å². The van der Waals surface area contributed by atoms with Gasteiger partial charge < -0.3 is 15.5 Å². The van der Waals surface area contributed by atoms with E-state index in [4.69, 9.17) is 0 Å². The van der Waals surface area contributed by atoms with Crippen LogP contribution in [0.25, 0.3) is 22.1 Å². The van der Waals surface area contributed by atoms with Gasteiger partial charge in [-0.05, 0) is 24.5 Å². The Kier molecular flexibility index (Phi) is 5.22. The highest BCUT2D eigenvalue weighted by Crippen LogP contribution is 2.19. The molecule has 1 heterocycles. The SMILES string of the molecule is CCCCCCCCc1ccc2c(c1)[n+]([O-])c1ccc(O)cc1[n+]2[O-]. The van der Waals surface area contributed by atoms with Crippen LogP contribution in [-0.4, -0.2) is 5.11 Å². The molecular formula is C20H24N2O3. The predicted molar refractivity (Wildman–Crippen MR) is 98.1 cm³/mol. The number of fused-ring (bicyclic) bond motifs is 2. The van der Waals surface area contributed by atoms with Gasteiger partial charge in [0.1, 0.15) is 5.75 Å². The van der Waals surface area contributed by atoms with Crippen molar-refractivity contribution in [2.45, 2.75) is 51.9 Å². The molecule has 132 valence electrons. The minimum absolute atomic E-state index is 0.0313. The Morgan fingerprint density at radius 1 is 0.760 bits per heavy atom. The summed E-state index contributed by atoms with van der Waals surface area (Å²) in [4.78, 5) is 0. The number of aromatic nitrogens is 2. The third kappa shape index (κ3) is 3.60. The van der Waals surface area contributed by atoms with Gasteiger partial charge in [0, 0.05) is 18.2 Å². The van der Waals surface area contributed by atoms with Crippen LogP contribution in [0.5, 0.6) is 5.75 Å². The average molecular weight is 340 g/mol. The zero-order chi connectivity index (χ0) is 17.8. The van der Waals surface area contributed by atoms with Gasteiger partial charge in [0.15, 0.2) is 0 Å². The first-order chi connectivity index (χ1) is 12.1. The lowest BCUT2D eigenvalue weighted by molar-refractivity contribution is -0.591. The van der Waals surface area contributed by atoms with E-state index in [0.29, 0.717) is 15.8 Å². The molecule has 0 unspecified atom stereocenters. The van der Waals surface area contributed by atoms with E-state index in [1.807, 2.05) is 12.1 Å². The second-order valence-electron chi connectivity index (χ2n) is 6.60. The van der Waals surface area contributed by atoms with E-state index in [1.54, 1.807) is 6.07 Å². The van der Waals surface area contributed by atoms with Crippen molar-refractivity contribution < 1.29 is 14.6 Å². The maximum Gasteiger partial charge on any atom is 0.294 e. The molecule has 0 radical (unpaired) electrons. The van der Waals surface area contributed by atoms with E-state index >= 15 is 0 Å². The molecular weight excluding hydrogens is 316 g/mol. The highest BCUT2D eigenvalue weighted by molar-refractivity contribution is 5.77. The van der Waals surface area contributed by atoms with Crippen LogP contribution in [0.4, 0.5) is 0 Å². The van der Waals surface area contributed by atoms with E-state index in [2.05, 4.69) is 6.92 Å². The van der Waals surface area contributed by atoms with E-state index in [0.717, 1.165) is 23.1 Å². The molecule has 0 aliphatic heterocycles. The second-order valence-corrected chi connectivity index (χ2v) is 6.60. The van der Waals surface area contributed by atoms with Crippen LogP contribution in [0, 0.1) is 10.4 Å². The molecule has 0 fully saturated rings. The largest absolute Gasteiger partial charge is 0.617 e. The van der Waals surface area contributed by atoms with Crippen LogP contribution in [0.1, 0.15) is 51.0 Å². The zero-order valence-electron chi connectivity index (χ0n) is 14.6. The summed E-state index contributed by atoms with van der Waals surface area (Å²) in [5, 5.41) is 34.7. The number of phenolic OH excluding ortho intramolecular Hbond substituents is 1. The Labute approximate surface area is 147 Å². The fraction of sp³-hybridized carbons (Fsp3) is 0.400. The van der Waals surface area contributed by atoms with Crippen molar-refractivity contribution in [3.63, 3.8) is 0 Å². The molecule has 0 amide bonds. The van der Waals surface area contributed by atoms with Crippen LogP contribution >= 0.6 is 0 Å². The molecule has 0 aliphatic rings. The summed E-state index contributed by atoms with van der Waals surface area (Å²) < 4.78 is 1.50. The number of hydrogen-bond donors (Lipinski definition) is 1. The summed E-state index contributed by atoms with van der Waals surface area (Å²) >= 11 is 0. The molecule has 1 aromatic heterocycles. The lowest BCUT2D eigenvalue weighted by Crippen LogP contribution is -2.39.